The van der Waals surface area contributed by atoms with E-state index in [1.807, 2.05) is 44.3 Å². The van der Waals surface area contributed by atoms with E-state index >= 15 is 4.39 Å². The van der Waals surface area contributed by atoms with Crippen LogP contribution in [0.1, 0.15) is 39.8 Å². The molecule has 2 N–H and O–H groups in total. The van der Waals surface area contributed by atoms with Crippen LogP contribution in [-0.2, 0) is 7.05 Å². The number of benzene rings is 2. The summed E-state index contributed by atoms with van der Waals surface area (Å²) in [5.41, 5.74) is 5.64. The highest BCUT2D eigenvalue weighted by Gasteiger charge is 2.44. The highest BCUT2D eigenvalue weighted by Crippen LogP contribution is 2.44. The van der Waals surface area contributed by atoms with E-state index in [-0.39, 0.29) is 11.7 Å². The maximum absolute atomic E-state index is 15.8. The van der Waals surface area contributed by atoms with Gasteiger partial charge < -0.3 is 15.2 Å². The third-order valence-electron chi connectivity index (χ3n) is 7.68. The van der Waals surface area contributed by atoms with Crippen molar-refractivity contribution in [2.24, 2.45) is 7.05 Å². The number of anilines is 2. The Morgan fingerprint density at radius 3 is 2.76 bits per heavy atom. The number of carbonyl (C=O) groups excluding carboxylic acids is 1. The van der Waals surface area contributed by atoms with Crippen molar-refractivity contribution in [2.75, 3.05) is 22.9 Å². The average molecular weight is 458 g/mol. The van der Waals surface area contributed by atoms with E-state index in [4.69, 9.17) is 0 Å². The molecule has 2 aromatic carbocycles. The largest absolute Gasteiger partial charge is 0.366 e. The summed E-state index contributed by atoms with van der Waals surface area (Å²) in [6.07, 6.45) is 2.72. The fourth-order valence-electron chi connectivity index (χ4n) is 5.89. The molecule has 0 saturated carbocycles. The molecule has 172 valence electrons. The van der Waals surface area contributed by atoms with Crippen molar-refractivity contribution in [1.29, 1.82) is 0 Å². The number of carbonyl (C=O) groups is 1. The second kappa shape index (κ2) is 6.89. The molecule has 0 aliphatic carbocycles. The normalized spacial score (nSPS) is 23.5. The number of nitrogens with zero attached hydrogens (tertiary/aromatic N) is 5. The van der Waals surface area contributed by atoms with Gasteiger partial charge in [0.1, 0.15) is 5.82 Å². The fraction of sp³-hybridized carbons (Fsp3) is 0.320. The van der Waals surface area contributed by atoms with E-state index in [1.54, 1.807) is 22.0 Å². The highest BCUT2D eigenvalue weighted by atomic mass is 19.1. The molecule has 1 amide bonds. The van der Waals surface area contributed by atoms with Crippen molar-refractivity contribution in [3.05, 3.63) is 71.1 Å². The van der Waals surface area contributed by atoms with E-state index in [0.29, 0.717) is 29.0 Å². The van der Waals surface area contributed by atoms with Crippen LogP contribution in [0.5, 0.6) is 0 Å². The van der Waals surface area contributed by atoms with Gasteiger partial charge in [0.25, 0.3) is 5.91 Å². The number of rotatable bonds is 3. The smallest absolute Gasteiger partial charge is 0.280 e. The number of amides is 1. The first-order valence-electron chi connectivity index (χ1n) is 11.6. The lowest BCUT2D eigenvalue weighted by Gasteiger charge is -2.31. The van der Waals surface area contributed by atoms with Crippen LogP contribution in [0.3, 0.4) is 0 Å². The zero-order valence-corrected chi connectivity index (χ0v) is 18.9. The Kier molecular flexibility index (Phi) is 4.00. The van der Waals surface area contributed by atoms with Gasteiger partial charge in [-0.15, -0.1) is 0 Å². The molecular weight excluding hydrogens is 433 g/mol. The van der Waals surface area contributed by atoms with Gasteiger partial charge in [0.15, 0.2) is 5.69 Å². The standard InChI is InChI=1S/C25H24FN7O/c1-13-22-23(30-31(13)2)25(34)33(16-4-6-20-21(9-16)29-12-28-20)24(22)18-5-3-15(8-19(18)26)32-11-14-7-17(32)10-27-14/h3-6,8-9,12,14,17,24,27H,7,10-11H2,1-2H3,(H,28,29). The van der Waals surface area contributed by atoms with Crippen molar-refractivity contribution in [3.63, 3.8) is 0 Å². The summed E-state index contributed by atoms with van der Waals surface area (Å²) in [6, 6.07) is 11.4. The predicted octanol–water partition coefficient (Wildman–Crippen LogP) is 3.04. The number of aromatic nitrogens is 4. The molecule has 4 aromatic rings. The van der Waals surface area contributed by atoms with Crippen molar-refractivity contribution < 1.29 is 9.18 Å². The summed E-state index contributed by atoms with van der Waals surface area (Å²) in [5, 5.41) is 7.97. The Labute approximate surface area is 195 Å². The number of aromatic amines is 1. The molecule has 0 spiro atoms. The minimum absolute atomic E-state index is 0.231. The molecular formula is C25H24FN7O. The van der Waals surface area contributed by atoms with Crippen LogP contribution in [0.2, 0.25) is 0 Å². The average Bonchev–Trinajstić information content (AvgIpc) is 3.64. The number of aryl methyl sites for hydroxylation is 1. The Balaban J connectivity index is 1.35. The summed E-state index contributed by atoms with van der Waals surface area (Å²) in [4.78, 5) is 24.9. The maximum Gasteiger partial charge on any atom is 0.280 e. The number of fused-ring (bicyclic) bond motifs is 4. The van der Waals surface area contributed by atoms with Crippen molar-refractivity contribution in [2.45, 2.75) is 31.5 Å². The molecule has 0 radical (unpaired) electrons. The number of nitrogens with one attached hydrogen (secondary N) is 2. The van der Waals surface area contributed by atoms with Gasteiger partial charge >= 0.3 is 0 Å². The first-order valence-corrected chi connectivity index (χ1v) is 11.6. The van der Waals surface area contributed by atoms with Crippen molar-refractivity contribution in [3.8, 4) is 0 Å². The van der Waals surface area contributed by atoms with Crippen LogP contribution in [0.15, 0.2) is 42.7 Å². The first kappa shape index (κ1) is 19.7. The molecule has 5 heterocycles. The van der Waals surface area contributed by atoms with Crippen LogP contribution in [0.4, 0.5) is 15.8 Å². The lowest BCUT2D eigenvalue weighted by Crippen LogP contribution is -2.43. The van der Waals surface area contributed by atoms with Gasteiger partial charge in [-0.1, -0.05) is 6.07 Å². The lowest BCUT2D eigenvalue weighted by atomic mass is 9.97. The number of hydrogen-bond donors (Lipinski definition) is 2. The molecule has 3 unspecified atom stereocenters. The minimum atomic E-state index is -0.599. The molecule has 3 aliphatic rings. The van der Waals surface area contributed by atoms with E-state index in [0.717, 1.165) is 47.5 Å². The van der Waals surface area contributed by atoms with Crippen LogP contribution < -0.4 is 15.1 Å². The van der Waals surface area contributed by atoms with Crippen LogP contribution in [0.25, 0.3) is 11.0 Å². The number of imidazole rings is 1. The van der Waals surface area contributed by atoms with E-state index in [9.17, 15) is 4.79 Å². The Morgan fingerprint density at radius 1 is 1.15 bits per heavy atom. The summed E-state index contributed by atoms with van der Waals surface area (Å²) < 4.78 is 17.5. The lowest BCUT2D eigenvalue weighted by molar-refractivity contribution is 0.0988. The van der Waals surface area contributed by atoms with Gasteiger partial charge in [0.2, 0.25) is 0 Å². The quantitative estimate of drug-likeness (QED) is 0.494. The molecule has 2 saturated heterocycles. The van der Waals surface area contributed by atoms with E-state index in [1.165, 1.54) is 0 Å². The zero-order chi connectivity index (χ0) is 23.1. The summed E-state index contributed by atoms with van der Waals surface area (Å²) in [6.45, 7) is 3.76. The summed E-state index contributed by atoms with van der Waals surface area (Å²) in [5.74, 6) is -0.544. The highest BCUT2D eigenvalue weighted by molar-refractivity contribution is 6.11. The van der Waals surface area contributed by atoms with Gasteiger partial charge in [-0.2, -0.15) is 5.10 Å². The van der Waals surface area contributed by atoms with Crippen LogP contribution >= 0.6 is 0 Å². The second-order valence-corrected chi connectivity index (χ2v) is 9.51. The Bertz CT molecular complexity index is 1470. The maximum atomic E-state index is 15.8. The topological polar surface area (TPSA) is 82.1 Å². The molecule has 34 heavy (non-hydrogen) atoms. The van der Waals surface area contributed by atoms with Gasteiger partial charge in [0.05, 0.1) is 23.4 Å². The second-order valence-electron chi connectivity index (χ2n) is 9.51. The van der Waals surface area contributed by atoms with Crippen LogP contribution in [0, 0.1) is 12.7 Å². The number of halogens is 1. The molecule has 2 aromatic heterocycles. The molecule has 8 nitrogen and oxygen atoms in total. The third-order valence-corrected chi connectivity index (χ3v) is 7.68. The number of piperazine rings is 1. The molecule has 2 fully saturated rings. The molecule has 3 atom stereocenters. The molecule has 9 heteroatoms. The van der Waals surface area contributed by atoms with Gasteiger partial charge in [0, 0.05) is 60.4 Å². The van der Waals surface area contributed by atoms with Gasteiger partial charge in [-0.25, -0.2) is 9.37 Å². The number of H-pyrrole nitrogens is 1. The monoisotopic (exact) mass is 457 g/mol. The first-order chi connectivity index (χ1) is 16.5. The van der Waals surface area contributed by atoms with E-state index in [2.05, 4.69) is 25.3 Å². The number of hydrogen-bond acceptors (Lipinski definition) is 5. The molecule has 2 bridgehead atoms. The summed E-state index contributed by atoms with van der Waals surface area (Å²) >= 11 is 0. The third kappa shape index (κ3) is 2.64. The molecule has 3 aliphatic heterocycles. The van der Waals surface area contributed by atoms with Gasteiger partial charge in [-0.3, -0.25) is 14.4 Å². The van der Waals surface area contributed by atoms with Crippen LogP contribution in [-0.4, -0.2) is 50.8 Å². The summed E-state index contributed by atoms with van der Waals surface area (Å²) in [7, 11) is 1.81. The molecule has 7 rings (SSSR count). The fourth-order valence-corrected chi connectivity index (χ4v) is 5.89. The SMILES string of the molecule is Cc1c2c(nn1C)C(=O)N(c1ccc3[nH]cnc3c1)C2c1ccc(N2CC3CC2CN3)cc1F. The Morgan fingerprint density at radius 2 is 2.00 bits per heavy atom. The minimum Gasteiger partial charge on any atom is -0.366 e. The Hall–Kier alpha value is -3.72. The zero-order valence-electron chi connectivity index (χ0n) is 18.9. The predicted molar refractivity (Wildman–Crippen MR) is 127 cm³/mol. The van der Waals surface area contributed by atoms with Crippen molar-refractivity contribution >= 4 is 28.3 Å². The van der Waals surface area contributed by atoms with Crippen molar-refractivity contribution in [1.82, 2.24) is 25.1 Å². The van der Waals surface area contributed by atoms with Gasteiger partial charge in [-0.05, 0) is 43.7 Å². The van der Waals surface area contributed by atoms with E-state index < -0.39 is 6.04 Å².